The number of carboxylic acids is 1. The van der Waals surface area contributed by atoms with Crippen molar-refractivity contribution in [2.24, 2.45) is 5.73 Å². The van der Waals surface area contributed by atoms with Crippen molar-refractivity contribution in [2.75, 3.05) is 31.3 Å². The number of fused-ring (bicyclic) bond motifs is 1. The maximum Gasteiger partial charge on any atom is 0.321 e. The number of amides is 1. The molecule has 12 heteroatoms. The van der Waals surface area contributed by atoms with Gasteiger partial charge in [0, 0.05) is 41.1 Å². The van der Waals surface area contributed by atoms with Crippen molar-refractivity contribution >= 4 is 51.0 Å². The number of aryl methyl sites for hydroxylation is 2. The molecule has 1 amide bonds. The molecule has 4 rings (SSSR count). The zero-order valence-corrected chi connectivity index (χ0v) is 24.3. The number of rotatable bonds is 13. The van der Waals surface area contributed by atoms with Gasteiger partial charge in [0.1, 0.15) is 36.3 Å². The second-order valence-corrected chi connectivity index (χ2v) is 10.4. The van der Waals surface area contributed by atoms with E-state index in [9.17, 15) is 14.7 Å². The van der Waals surface area contributed by atoms with Crippen molar-refractivity contribution < 1.29 is 24.2 Å². The van der Waals surface area contributed by atoms with E-state index in [-0.39, 0.29) is 24.8 Å². The molecular formula is C30H32N6O5S. The summed E-state index contributed by atoms with van der Waals surface area (Å²) in [5.74, 6) is 0.760. The molecule has 0 bridgehead atoms. The maximum absolute atomic E-state index is 11.9. The summed E-state index contributed by atoms with van der Waals surface area (Å²) in [6.07, 6.45) is 4.99. The molecule has 0 aliphatic rings. The molecule has 218 valence electrons. The Labute approximate surface area is 247 Å². The van der Waals surface area contributed by atoms with Crippen LogP contribution in [0, 0.1) is 13.8 Å². The van der Waals surface area contributed by atoms with Gasteiger partial charge in [0.25, 0.3) is 0 Å². The number of anilines is 2. The fraction of sp³-hybridized carbons (Fsp3) is 0.233. The quantitative estimate of drug-likeness (QED) is 0.175. The van der Waals surface area contributed by atoms with E-state index in [0.29, 0.717) is 17.3 Å². The Balaban J connectivity index is 1.59. The number of ether oxygens (including phenoxy) is 2. The summed E-state index contributed by atoms with van der Waals surface area (Å²) in [6, 6.07) is 14.2. The molecule has 0 radical (unpaired) electrons. The van der Waals surface area contributed by atoms with Crippen LogP contribution in [0.4, 0.5) is 11.5 Å². The van der Waals surface area contributed by atoms with E-state index in [4.69, 9.17) is 15.2 Å². The lowest BCUT2D eigenvalue weighted by Gasteiger charge is -2.14. The summed E-state index contributed by atoms with van der Waals surface area (Å²) < 4.78 is 10.8. The van der Waals surface area contributed by atoms with Gasteiger partial charge in [-0.1, -0.05) is 12.1 Å². The highest BCUT2D eigenvalue weighted by Crippen LogP contribution is 2.33. The number of methoxy groups -OCH3 is 1. The van der Waals surface area contributed by atoms with Crippen molar-refractivity contribution in [3.8, 4) is 11.5 Å². The monoisotopic (exact) mass is 588 g/mol. The third-order valence-electron chi connectivity index (χ3n) is 6.07. The molecule has 2 aromatic carbocycles. The van der Waals surface area contributed by atoms with Crippen LogP contribution in [0.1, 0.15) is 16.8 Å². The Bertz CT molecular complexity index is 1600. The van der Waals surface area contributed by atoms with Crippen LogP contribution in [-0.2, 0) is 14.3 Å². The minimum absolute atomic E-state index is 0.0573. The van der Waals surface area contributed by atoms with Gasteiger partial charge in [0.2, 0.25) is 5.91 Å². The van der Waals surface area contributed by atoms with Crippen LogP contribution in [0.2, 0.25) is 0 Å². The van der Waals surface area contributed by atoms with Gasteiger partial charge in [0.15, 0.2) is 0 Å². The van der Waals surface area contributed by atoms with Gasteiger partial charge in [-0.3, -0.25) is 14.6 Å². The number of hydrogen-bond acceptors (Lipinski definition) is 10. The van der Waals surface area contributed by atoms with Crippen LogP contribution in [0.5, 0.6) is 11.5 Å². The largest absolute Gasteiger partial charge is 0.480 e. The standard InChI is InChI=1S/C30H32N6O5S/c1-18-12-21(6-9-26(18)41-22-7-4-19(2)33-14-22)36-29-23-13-20(5-8-25(23)34-17-35-29)27(42-16-24(31)30(38)39)10-11-32-28(37)15-40-3/h4-10,12-14,17,24H,11,15-16,31H2,1-3H3,(H,32,37)(H,38,39)(H,34,35,36). The Hall–Kier alpha value is -4.52. The number of thioether (sulfide) groups is 1. The summed E-state index contributed by atoms with van der Waals surface area (Å²) in [4.78, 5) is 37.1. The second-order valence-electron chi connectivity index (χ2n) is 9.36. The van der Waals surface area contributed by atoms with Crippen LogP contribution in [0.15, 0.2) is 67.1 Å². The normalized spacial score (nSPS) is 12.1. The maximum atomic E-state index is 11.9. The summed E-state index contributed by atoms with van der Waals surface area (Å²) >= 11 is 1.29. The lowest BCUT2D eigenvalue weighted by Crippen LogP contribution is -2.32. The Morgan fingerprint density at radius 3 is 2.64 bits per heavy atom. The molecule has 2 heterocycles. The summed E-state index contributed by atoms with van der Waals surface area (Å²) in [5.41, 5.74) is 9.93. The zero-order chi connectivity index (χ0) is 30.1. The van der Waals surface area contributed by atoms with Crippen LogP contribution in [-0.4, -0.2) is 64.0 Å². The molecule has 0 aliphatic heterocycles. The van der Waals surface area contributed by atoms with Gasteiger partial charge in [-0.05, 0) is 67.4 Å². The highest BCUT2D eigenvalue weighted by atomic mass is 32.2. The van der Waals surface area contributed by atoms with Crippen LogP contribution in [0.25, 0.3) is 15.8 Å². The predicted molar refractivity (Wildman–Crippen MR) is 164 cm³/mol. The molecular weight excluding hydrogens is 556 g/mol. The zero-order valence-electron chi connectivity index (χ0n) is 23.5. The average molecular weight is 589 g/mol. The summed E-state index contributed by atoms with van der Waals surface area (Å²) in [6.45, 7) is 4.05. The van der Waals surface area contributed by atoms with E-state index < -0.39 is 12.0 Å². The molecule has 4 aromatic rings. The number of benzene rings is 2. The van der Waals surface area contributed by atoms with E-state index in [1.165, 1.54) is 25.2 Å². The minimum Gasteiger partial charge on any atom is -0.480 e. The van der Waals surface area contributed by atoms with Crippen molar-refractivity contribution in [3.05, 3.63) is 84.0 Å². The van der Waals surface area contributed by atoms with Gasteiger partial charge in [-0.15, -0.1) is 11.8 Å². The minimum atomic E-state index is -1.09. The van der Waals surface area contributed by atoms with Crippen molar-refractivity contribution in [2.45, 2.75) is 19.9 Å². The molecule has 5 N–H and O–H groups in total. The number of pyridine rings is 1. The third-order valence-corrected chi connectivity index (χ3v) is 7.31. The topological polar surface area (TPSA) is 162 Å². The molecule has 0 saturated heterocycles. The molecule has 0 aliphatic carbocycles. The lowest BCUT2D eigenvalue weighted by atomic mass is 10.1. The van der Waals surface area contributed by atoms with Gasteiger partial charge in [-0.25, -0.2) is 9.97 Å². The number of aromatic nitrogens is 3. The molecule has 42 heavy (non-hydrogen) atoms. The molecule has 2 aromatic heterocycles. The second kappa shape index (κ2) is 14.4. The first-order valence-electron chi connectivity index (χ1n) is 13.0. The lowest BCUT2D eigenvalue weighted by molar-refractivity contribution is -0.137. The number of nitrogens with zero attached hydrogens (tertiary/aromatic N) is 3. The number of nitrogens with one attached hydrogen (secondary N) is 2. The number of nitrogens with two attached hydrogens (primary N) is 1. The number of carboxylic acid groups (broad SMARTS) is 1. The first-order valence-corrected chi connectivity index (χ1v) is 14.0. The van der Waals surface area contributed by atoms with E-state index in [1.807, 2.05) is 68.5 Å². The fourth-order valence-corrected chi connectivity index (χ4v) is 4.88. The first kappa shape index (κ1) is 30.4. The highest BCUT2D eigenvalue weighted by Gasteiger charge is 2.15. The van der Waals surface area contributed by atoms with E-state index in [1.54, 1.807) is 6.20 Å². The Morgan fingerprint density at radius 2 is 1.93 bits per heavy atom. The van der Waals surface area contributed by atoms with Crippen molar-refractivity contribution in [1.82, 2.24) is 20.3 Å². The number of carbonyl (C=O) groups excluding carboxylic acids is 1. The van der Waals surface area contributed by atoms with Gasteiger partial charge >= 0.3 is 5.97 Å². The van der Waals surface area contributed by atoms with E-state index >= 15 is 0 Å². The number of hydrogen-bond donors (Lipinski definition) is 4. The molecule has 0 saturated carbocycles. The first-order chi connectivity index (χ1) is 20.2. The SMILES string of the molecule is COCC(=O)NCC=C(SCC(N)C(=O)O)c1ccc2ncnc(Nc3ccc(Oc4ccc(C)nc4)c(C)c3)c2c1. The van der Waals surface area contributed by atoms with Crippen LogP contribution < -0.4 is 21.1 Å². The van der Waals surface area contributed by atoms with Crippen LogP contribution in [0.3, 0.4) is 0 Å². The van der Waals surface area contributed by atoms with Crippen LogP contribution >= 0.6 is 11.8 Å². The predicted octanol–water partition coefficient (Wildman–Crippen LogP) is 4.43. The number of carbonyl (C=O) groups is 2. The number of aliphatic carboxylic acids is 1. The third kappa shape index (κ3) is 8.26. The van der Waals surface area contributed by atoms with Crippen molar-refractivity contribution in [3.63, 3.8) is 0 Å². The fourth-order valence-electron chi connectivity index (χ4n) is 3.88. The van der Waals surface area contributed by atoms with E-state index in [0.717, 1.165) is 38.3 Å². The van der Waals surface area contributed by atoms with Gasteiger partial charge in [-0.2, -0.15) is 0 Å². The van der Waals surface area contributed by atoms with Crippen molar-refractivity contribution in [1.29, 1.82) is 0 Å². The molecule has 1 unspecified atom stereocenters. The molecule has 11 nitrogen and oxygen atoms in total. The highest BCUT2D eigenvalue weighted by molar-refractivity contribution is 8.08. The Morgan fingerprint density at radius 1 is 1.10 bits per heavy atom. The molecule has 1 atom stereocenters. The molecule has 0 fully saturated rings. The summed E-state index contributed by atoms with van der Waals surface area (Å²) in [5, 5.41) is 16.1. The smallest absolute Gasteiger partial charge is 0.321 e. The Kier molecular flexibility index (Phi) is 10.4. The van der Waals surface area contributed by atoms with Gasteiger partial charge in [0.05, 0.1) is 11.7 Å². The van der Waals surface area contributed by atoms with Gasteiger partial charge < -0.3 is 30.9 Å². The van der Waals surface area contributed by atoms with E-state index in [2.05, 4.69) is 25.6 Å². The molecule has 0 spiro atoms. The summed E-state index contributed by atoms with van der Waals surface area (Å²) in [7, 11) is 1.44. The average Bonchev–Trinajstić information content (AvgIpc) is 2.97.